The maximum atomic E-state index is 11.0. The van der Waals surface area contributed by atoms with Crippen LogP contribution in [0.15, 0.2) is 28.7 Å². The maximum Gasteiger partial charge on any atom is 0.276 e. The third-order valence-corrected chi connectivity index (χ3v) is 3.49. The van der Waals surface area contributed by atoms with Gasteiger partial charge in [0.2, 0.25) is 0 Å². The Morgan fingerprint density at radius 3 is 2.24 bits per heavy atom. The van der Waals surface area contributed by atoms with E-state index >= 15 is 0 Å². The molecule has 1 aromatic heterocycles. The summed E-state index contributed by atoms with van der Waals surface area (Å²) in [5, 5.41) is 17.0. The predicted molar refractivity (Wildman–Crippen MR) is 87.3 cm³/mol. The van der Waals surface area contributed by atoms with Crippen LogP contribution < -0.4 is 10.6 Å². The lowest BCUT2D eigenvalue weighted by molar-refractivity contribution is -0.384. The minimum absolute atomic E-state index is 0.00994. The Hall–Kier alpha value is -2.15. The molecule has 7 heteroatoms. The maximum absolute atomic E-state index is 11.0. The molecule has 0 atom stereocenters. The first-order valence-electron chi connectivity index (χ1n) is 6.28. The van der Waals surface area contributed by atoms with Crippen LogP contribution >= 0.6 is 15.9 Å². The van der Waals surface area contributed by atoms with Crippen molar-refractivity contribution in [1.29, 1.82) is 0 Å². The average Bonchev–Trinajstić information content (AvgIpc) is 2.42. The average molecular weight is 351 g/mol. The number of nitrogens with one attached hydrogen (secondary N) is 2. The van der Waals surface area contributed by atoms with Crippen molar-refractivity contribution in [3.05, 3.63) is 50.0 Å². The first-order chi connectivity index (χ1) is 9.90. The summed E-state index contributed by atoms with van der Waals surface area (Å²) in [7, 11) is 1.67. The highest BCUT2D eigenvalue weighted by atomic mass is 79.9. The van der Waals surface area contributed by atoms with Crippen LogP contribution in [0, 0.1) is 24.0 Å². The molecule has 0 saturated carbocycles. The number of nitro groups is 1. The summed E-state index contributed by atoms with van der Waals surface area (Å²) in [6, 6.07) is 6.77. The first-order valence-corrected chi connectivity index (χ1v) is 7.08. The van der Waals surface area contributed by atoms with Crippen molar-refractivity contribution >= 4 is 38.9 Å². The Labute approximate surface area is 130 Å². The van der Waals surface area contributed by atoms with Gasteiger partial charge in [0.1, 0.15) is 11.6 Å². The number of hydrogen-bond acceptors (Lipinski definition) is 5. The number of anilines is 3. The summed E-state index contributed by atoms with van der Waals surface area (Å²) < 4.78 is 0.992. The van der Waals surface area contributed by atoms with Crippen molar-refractivity contribution in [2.45, 2.75) is 13.8 Å². The molecular formula is C14H15BrN4O2. The number of pyridine rings is 1. The van der Waals surface area contributed by atoms with Crippen LogP contribution in [0.4, 0.5) is 23.0 Å². The summed E-state index contributed by atoms with van der Waals surface area (Å²) in [6.45, 7) is 3.94. The monoisotopic (exact) mass is 350 g/mol. The van der Waals surface area contributed by atoms with Gasteiger partial charge in [-0.05, 0) is 37.1 Å². The summed E-state index contributed by atoms with van der Waals surface area (Å²) >= 11 is 3.44. The van der Waals surface area contributed by atoms with Gasteiger partial charge in [0.15, 0.2) is 0 Å². The number of rotatable bonds is 4. The molecule has 0 aliphatic heterocycles. The van der Waals surface area contributed by atoms with Gasteiger partial charge in [0, 0.05) is 17.2 Å². The Kier molecular flexibility index (Phi) is 4.42. The lowest BCUT2D eigenvalue weighted by Gasteiger charge is -2.13. The second-order valence-electron chi connectivity index (χ2n) is 4.64. The van der Waals surface area contributed by atoms with Gasteiger partial charge in [0.05, 0.1) is 17.1 Å². The van der Waals surface area contributed by atoms with Gasteiger partial charge in [-0.3, -0.25) is 10.1 Å². The van der Waals surface area contributed by atoms with Crippen LogP contribution in [0.3, 0.4) is 0 Å². The Morgan fingerprint density at radius 1 is 1.14 bits per heavy atom. The zero-order chi connectivity index (χ0) is 15.6. The van der Waals surface area contributed by atoms with Crippen molar-refractivity contribution in [2.75, 3.05) is 17.7 Å². The lowest BCUT2D eigenvalue weighted by atomic mass is 10.1. The minimum atomic E-state index is -0.436. The van der Waals surface area contributed by atoms with E-state index in [-0.39, 0.29) is 5.69 Å². The summed E-state index contributed by atoms with van der Waals surface area (Å²) in [5.41, 5.74) is 2.94. The van der Waals surface area contributed by atoms with Crippen molar-refractivity contribution in [3.8, 4) is 0 Å². The minimum Gasteiger partial charge on any atom is -0.373 e. The first kappa shape index (κ1) is 15.2. The molecule has 6 nitrogen and oxygen atoms in total. The predicted octanol–water partition coefficient (Wildman–Crippen LogP) is 4.15. The molecule has 2 N–H and O–H groups in total. The standard InChI is InChI=1S/C14H15BrN4O2/c1-8-4-10(15)5-9(2)14(8)18-13-7-11(19(20)21)6-12(16-3)17-13/h4-7H,1-3H3,(H2,16,17,18). The molecule has 0 aliphatic carbocycles. The Bertz CT molecular complexity index is 680. The second kappa shape index (κ2) is 6.09. The fraction of sp³-hybridized carbons (Fsp3) is 0.214. The summed E-state index contributed by atoms with van der Waals surface area (Å²) in [4.78, 5) is 14.8. The van der Waals surface area contributed by atoms with Crippen molar-refractivity contribution in [3.63, 3.8) is 0 Å². The van der Waals surface area contributed by atoms with Gasteiger partial charge < -0.3 is 10.6 Å². The molecule has 0 spiro atoms. The van der Waals surface area contributed by atoms with Crippen LogP contribution in [-0.2, 0) is 0 Å². The van der Waals surface area contributed by atoms with Gasteiger partial charge in [-0.15, -0.1) is 0 Å². The Morgan fingerprint density at radius 2 is 1.71 bits per heavy atom. The van der Waals surface area contributed by atoms with Crippen LogP contribution in [0.25, 0.3) is 0 Å². The highest BCUT2D eigenvalue weighted by Gasteiger charge is 2.12. The largest absolute Gasteiger partial charge is 0.373 e. The van der Waals surface area contributed by atoms with Gasteiger partial charge in [-0.25, -0.2) is 4.98 Å². The molecule has 0 unspecified atom stereocenters. The quantitative estimate of drug-likeness (QED) is 0.639. The zero-order valence-electron chi connectivity index (χ0n) is 11.9. The van der Waals surface area contributed by atoms with E-state index in [1.165, 1.54) is 12.1 Å². The molecule has 1 heterocycles. The normalized spacial score (nSPS) is 10.3. The van der Waals surface area contributed by atoms with Crippen LogP contribution in [-0.4, -0.2) is 17.0 Å². The second-order valence-corrected chi connectivity index (χ2v) is 5.56. The molecule has 110 valence electrons. The van der Waals surface area contributed by atoms with Gasteiger partial charge in [-0.1, -0.05) is 15.9 Å². The van der Waals surface area contributed by atoms with E-state index < -0.39 is 4.92 Å². The lowest BCUT2D eigenvalue weighted by Crippen LogP contribution is -2.02. The van der Waals surface area contributed by atoms with Crippen molar-refractivity contribution in [1.82, 2.24) is 4.98 Å². The van der Waals surface area contributed by atoms with Gasteiger partial charge in [-0.2, -0.15) is 0 Å². The van der Waals surface area contributed by atoms with E-state index in [1.807, 2.05) is 26.0 Å². The molecule has 0 amide bonds. The van der Waals surface area contributed by atoms with Crippen molar-refractivity contribution in [2.24, 2.45) is 0 Å². The molecule has 21 heavy (non-hydrogen) atoms. The molecule has 0 saturated heterocycles. The SMILES string of the molecule is CNc1cc([N+](=O)[O-])cc(Nc2c(C)cc(Br)cc2C)n1. The molecule has 0 fully saturated rings. The van der Waals surface area contributed by atoms with Crippen LogP contribution in [0.1, 0.15) is 11.1 Å². The number of hydrogen-bond donors (Lipinski definition) is 2. The molecule has 2 rings (SSSR count). The van der Waals surface area contributed by atoms with E-state index in [2.05, 4.69) is 31.5 Å². The molecule has 0 bridgehead atoms. The van der Waals surface area contributed by atoms with Crippen LogP contribution in [0.5, 0.6) is 0 Å². The van der Waals surface area contributed by atoms with E-state index in [0.717, 1.165) is 21.3 Å². The Balaban J connectivity index is 2.44. The van der Waals surface area contributed by atoms with Crippen LogP contribution in [0.2, 0.25) is 0 Å². The molecule has 0 aliphatic rings. The number of halogens is 1. The number of benzene rings is 1. The number of nitrogens with zero attached hydrogens (tertiary/aromatic N) is 2. The number of aryl methyl sites for hydroxylation is 2. The van der Waals surface area contributed by atoms with Crippen molar-refractivity contribution < 1.29 is 4.92 Å². The van der Waals surface area contributed by atoms with E-state index in [0.29, 0.717) is 11.6 Å². The third kappa shape index (κ3) is 3.49. The molecular weight excluding hydrogens is 336 g/mol. The van der Waals surface area contributed by atoms with Gasteiger partial charge in [0.25, 0.3) is 5.69 Å². The van der Waals surface area contributed by atoms with E-state index in [9.17, 15) is 10.1 Å². The topological polar surface area (TPSA) is 80.1 Å². The molecule has 2 aromatic rings. The fourth-order valence-electron chi connectivity index (χ4n) is 2.05. The third-order valence-electron chi connectivity index (χ3n) is 3.03. The zero-order valence-corrected chi connectivity index (χ0v) is 13.5. The summed E-state index contributed by atoms with van der Waals surface area (Å²) in [6.07, 6.45) is 0. The fourth-order valence-corrected chi connectivity index (χ4v) is 2.74. The van der Waals surface area contributed by atoms with E-state index in [4.69, 9.17) is 0 Å². The summed E-state index contributed by atoms with van der Waals surface area (Å²) in [5.74, 6) is 0.876. The number of aromatic nitrogens is 1. The molecule has 1 aromatic carbocycles. The highest BCUT2D eigenvalue weighted by molar-refractivity contribution is 9.10. The van der Waals surface area contributed by atoms with Gasteiger partial charge >= 0.3 is 0 Å². The highest BCUT2D eigenvalue weighted by Crippen LogP contribution is 2.29. The van der Waals surface area contributed by atoms with E-state index in [1.54, 1.807) is 7.05 Å². The molecule has 0 radical (unpaired) electrons. The smallest absolute Gasteiger partial charge is 0.276 e.